The summed E-state index contributed by atoms with van der Waals surface area (Å²) in [6.45, 7) is 9.76. The van der Waals surface area contributed by atoms with E-state index in [0.29, 0.717) is 17.9 Å². The van der Waals surface area contributed by atoms with Crippen LogP contribution in [0.25, 0.3) is 27.4 Å². The standard InChI is InChI=1S/C19H21N4O.C9H10N4.C2H5N.C2H6.Y/c1-15-8-10-17(11-9-15)18(19(24)23-22-14-20-2)13-21-12-16-6-4-3-5-7-16;1-13-6-8(5-12-13)7-2-3-9(10)11-4-7;1-2-3;1-2;/h3-11,13-14H,12H2,1-2H3,(H2-,20,21,22,23,24);2-6H,1H3,(H2,10,11);2H,1,3H2;1-2H3;/q-1;;;;/p-1. The number of aromatic nitrogens is 3. The molecule has 0 unspecified atom stereocenters. The molecule has 2 heterocycles. The zero-order valence-corrected chi connectivity index (χ0v) is 28.4. The zero-order valence-electron chi connectivity index (χ0n) is 25.6. The molecule has 0 bridgehead atoms. The molecule has 0 saturated heterocycles. The molecule has 4 rings (SSSR count). The molecule has 0 aliphatic heterocycles. The molecule has 2 aromatic carbocycles. The summed E-state index contributed by atoms with van der Waals surface area (Å²) in [4.78, 5) is 16.3. The van der Waals surface area contributed by atoms with E-state index in [4.69, 9.17) is 5.73 Å². The van der Waals surface area contributed by atoms with Gasteiger partial charge in [0.2, 0.25) is 0 Å². The van der Waals surface area contributed by atoms with Gasteiger partial charge in [0.15, 0.2) is 0 Å². The molecular formula is C32H41N9OY-2. The largest absolute Gasteiger partial charge is 0.656 e. The molecule has 5 N–H and O–H groups in total. The number of carbonyl (C=O) groups is 1. The summed E-state index contributed by atoms with van der Waals surface area (Å²) < 4.78 is 1.76. The van der Waals surface area contributed by atoms with Crippen LogP contribution in [0, 0.1) is 6.92 Å². The maximum absolute atomic E-state index is 12.3. The molecule has 0 atom stereocenters. The number of anilines is 1. The topological polar surface area (TPSA) is 152 Å². The van der Waals surface area contributed by atoms with Crippen LogP contribution in [0.5, 0.6) is 0 Å². The van der Waals surface area contributed by atoms with E-state index in [-0.39, 0.29) is 32.7 Å². The van der Waals surface area contributed by atoms with Gasteiger partial charge in [0.1, 0.15) is 5.82 Å². The van der Waals surface area contributed by atoms with Crippen LogP contribution in [0.1, 0.15) is 30.5 Å². The molecule has 11 heteroatoms. The summed E-state index contributed by atoms with van der Waals surface area (Å²) in [6, 6.07) is 21.4. The summed E-state index contributed by atoms with van der Waals surface area (Å²) in [7, 11) is 3.45. The molecule has 10 nitrogen and oxygen atoms in total. The Morgan fingerprint density at radius 3 is 2.23 bits per heavy atom. The molecule has 225 valence electrons. The number of aryl methyl sites for hydroxylation is 2. The van der Waals surface area contributed by atoms with Crippen LogP contribution in [-0.4, -0.2) is 34.1 Å². The number of rotatable bonds is 8. The number of hydrogen-bond acceptors (Lipinski definition) is 7. The number of benzene rings is 2. The van der Waals surface area contributed by atoms with E-state index < -0.39 is 5.91 Å². The van der Waals surface area contributed by atoms with E-state index in [1.165, 1.54) is 12.5 Å². The third-order valence-electron chi connectivity index (χ3n) is 5.13. The van der Waals surface area contributed by atoms with Crippen LogP contribution in [-0.2, 0) is 51.1 Å². The second kappa shape index (κ2) is 23.3. The normalized spacial score (nSPS) is 9.84. The number of nitrogens with one attached hydrogen (secondary N) is 1. The van der Waals surface area contributed by atoms with Crippen molar-refractivity contribution in [2.24, 2.45) is 17.9 Å². The summed E-state index contributed by atoms with van der Waals surface area (Å²) in [6.07, 6.45) is 9.65. The molecule has 0 aliphatic rings. The van der Waals surface area contributed by atoms with Crippen molar-refractivity contribution in [3.63, 3.8) is 0 Å². The van der Waals surface area contributed by atoms with Crippen molar-refractivity contribution in [3.05, 3.63) is 132 Å². The van der Waals surface area contributed by atoms with Crippen molar-refractivity contribution in [2.75, 3.05) is 12.8 Å². The Morgan fingerprint density at radius 1 is 1.05 bits per heavy atom. The summed E-state index contributed by atoms with van der Waals surface area (Å²) in [5, 5.41) is 14.6. The molecule has 43 heavy (non-hydrogen) atoms. The molecule has 0 fully saturated rings. The quantitative estimate of drug-likeness (QED) is 0.0896. The third kappa shape index (κ3) is 15.5. The average molecular weight is 657 g/mol. The maximum Gasteiger partial charge on any atom is 0.123 e. The minimum atomic E-state index is -0.417. The summed E-state index contributed by atoms with van der Waals surface area (Å²) in [5.74, 6) is 0.118. The van der Waals surface area contributed by atoms with E-state index in [2.05, 4.69) is 43.6 Å². The van der Waals surface area contributed by atoms with Gasteiger partial charge < -0.3 is 37.4 Å². The van der Waals surface area contributed by atoms with Gasteiger partial charge in [0, 0.05) is 81.6 Å². The molecule has 4 aromatic rings. The minimum Gasteiger partial charge on any atom is -0.656 e. The monoisotopic (exact) mass is 656 g/mol. The van der Waals surface area contributed by atoms with Crippen molar-refractivity contribution in [3.8, 4) is 11.1 Å². The maximum atomic E-state index is 12.3. The first kappa shape index (κ1) is 38.7. The van der Waals surface area contributed by atoms with Gasteiger partial charge in [-0.2, -0.15) is 5.10 Å². The zero-order chi connectivity index (χ0) is 31.2. The number of nitrogens with two attached hydrogens (primary N) is 2. The van der Waals surface area contributed by atoms with E-state index in [1.54, 1.807) is 36.4 Å². The fourth-order valence-electron chi connectivity index (χ4n) is 3.20. The Balaban J connectivity index is 0.000000780. The SMILES string of the molecule is C=CN.CC.C[N-]/C=N\[N-]C(=O)/C(=C\NCc1ccccc1)c1ccc(C)cc1.Cn1cc(-c2ccc(N)nc2)cn1.[Y]. The van der Waals surface area contributed by atoms with Crippen LogP contribution < -0.4 is 16.8 Å². The Bertz CT molecular complexity index is 1370. The van der Waals surface area contributed by atoms with E-state index in [9.17, 15) is 4.79 Å². The van der Waals surface area contributed by atoms with Gasteiger partial charge in [-0.3, -0.25) is 4.68 Å². The summed E-state index contributed by atoms with van der Waals surface area (Å²) in [5.41, 5.74) is 19.3. The number of carbonyl (C=O) groups excluding carboxylic acids is 1. The van der Waals surface area contributed by atoms with Crippen LogP contribution in [0.15, 0.2) is 109 Å². The van der Waals surface area contributed by atoms with E-state index in [0.717, 1.165) is 27.8 Å². The molecule has 0 spiro atoms. The minimum absolute atomic E-state index is 0. The molecule has 0 aliphatic carbocycles. The van der Waals surface area contributed by atoms with Gasteiger partial charge in [0.25, 0.3) is 0 Å². The number of pyridine rings is 1. The molecule has 0 saturated carbocycles. The summed E-state index contributed by atoms with van der Waals surface area (Å²) >= 11 is 0. The Kier molecular flexibility index (Phi) is 21.0. The fourth-order valence-corrected chi connectivity index (χ4v) is 3.20. The van der Waals surface area contributed by atoms with E-state index >= 15 is 0 Å². The van der Waals surface area contributed by atoms with Crippen LogP contribution in [0.2, 0.25) is 0 Å². The van der Waals surface area contributed by atoms with Crippen molar-refractivity contribution < 1.29 is 37.5 Å². The average Bonchev–Trinajstić information content (AvgIpc) is 3.45. The number of hydrogen-bond donors (Lipinski definition) is 3. The fraction of sp³-hybridized carbons (Fsp3) is 0.188. The van der Waals surface area contributed by atoms with Gasteiger partial charge in [-0.15, -0.1) is 6.34 Å². The first-order valence-electron chi connectivity index (χ1n) is 13.3. The first-order chi connectivity index (χ1) is 20.4. The molecular weight excluding hydrogens is 615 g/mol. The Labute approximate surface area is 280 Å². The smallest absolute Gasteiger partial charge is 0.123 e. The predicted molar refractivity (Wildman–Crippen MR) is 175 cm³/mol. The van der Waals surface area contributed by atoms with Crippen molar-refractivity contribution in [2.45, 2.75) is 27.3 Å². The third-order valence-corrected chi connectivity index (χ3v) is 5.13. The number of amides is 1. The van der Waals surface area contributed by atoms with Gasteiger partial charge >= 0.3 is 0 Å². The molecule has 2 aromatic heterocycles. The Hall–Kier alpha value is -4.28. The second-order valence-corrected chi connectivity index (χ2v) is 8.29. The van der Waals surface area contributed by atoms with Gasteiger partial charge in [-0.05, 0) is 36.4 Å². The number of nitrogens with zero attached hydrogens (tertiary/aromatic N) is 6. The van der Waals surface area contributed by atoms with Crippen molar-refractivity contribution >= 4 is 23.6 Å². The number of nitrogen functional groups attached to an aromatic ring is 1. The second-order valence-electron chi connectivity index (χ2n) is 8.29. The Morgan fingerprint density at radius 2 is 1.70 bits per heavy atom. The van der Waals surface area contributed by atoms with Crippen LogP contribution in [0.4, 0.5) is 5.82 Å². The molecule has 1 radical (unpaired) electrons. The van der Waals surface area contributed by atoms with Gasteiger partial charge in [0.05, 0.1) is 12.1 Å². The van der Waals surface area contributed by atoms with Gasteiger partial charge in [-0.25, -0.2) is 4.98 Å². The molecule has 1 amide bonds. The van der Waals surface area contributed by atoms with Gasteiger partial charge in [-0.1, -0.05) is 87.6 Å². The van der Waals surface area contributed by atoms with Crippen LogP contribution in [0.3, 0.4) is 0 Å². The van der Waals surface area contributed by atoms with E-state index in [1.807, 2.05) is 94.7 Å². The van der Waals surface area contributed by atoms with Crippen molar-refractivity contribution in [1.82, 2.24) is 20.1 Å². The first-order valence-corrected chi connectivity index (χ1v) is 13.3. The van der Waals surface area contributed by atoms with Crippen molar-refractivity contribution in [1.29, 1.82) is 0 Å². The van der Waals surface area contributed by atoms with Crippen LogP contribution >= 0.6 is 0 Å². The predicted octanol–water partition coefficient (Wildman–Crippen LogP) is 6.15.